The van der Waals surface area contributed by atoms with Crippen LogP contribution in [0.4, 0.5) is 0 Å². The number of benzene rings is 1. The van der Waals surface area contributed by atoms with E-state index in [4.69, 9.17) is 9.47 Å². The van der Waals surface area contributed by atoms with Crippen molar-refractivity contribution in [3.63, 3.8) is 0 Å². The topological polar surface area (TPSA) is 52.6 Å². The van der Waals surface area contributed by atoms with Crippen LogP contribution >= 0.6 is 0 Å². The molecule has 134 valence electrons. The van der Waals surface area contributed by atoms with Gasteiger partial charge in [0.15, 0.2) is 0 Å². The van der Waals surface area contributed by atoms with E-state index in [0.717, 1.165) is 43.0 Å². The van der Waals surface area contributed by atoms with Crippen LogP contribution in [0.25, 0.3) is 0 Å². The van der Waals surface area contributed by atoms with Crippen LogP contribution in [0.1, 0.15) is 38.5 Å². The Balaban J connectivity index is 1.43. The molecule has 5 atom stereocenters. The number of carbonyl (C=O) groups excluding carboxylic acids is 1. The summed E-state index contributed by atoms with van der Waals surface area (Å²) in [5, 5.41) is 0. The summed E-state index contributed by atoms with van der Waals surface area (Å²) in [6, 6.07) is 9.61. The number of carbonyl (C=O) groups is 1. The summed E-state index contributed by atoms with van der Waals surface area (Å²) in [6.45, 7) is 1.35. The van der Waals surface area contributed by atoms with Crippen LogP contribution in [0, 0.1) is 17.3 Å². The van der Waals surface area contributed by atoms with E-state index in [2.05, 4.69) is 0 Å². The Morgan fingerprint density at radius 1 is 1.00 bits per heavy atom. The van der Waals surface area contributed by atoms with E-state index in [1.165, 1.54) is 0 Å². The molecule has 0 radical (unpaired) electrons. The first kappa shape index (κ1) is 16.3. The standard InChI is InChI=1S/C20H24O4Se/c21-18-17(25(22)16-4-2-1-3-5-16)7-6-14-12-15-13-19(14,18)8-9-20(15)23-10-11-24-20/h1-5,14-15,17H,6-13H2/t14-,15?,17?,19-,25?/m0/s1. The SMILES string of the molecule is O=C1C([Se](=O)c2ccccc2)CC[C@H]2CC3C[C@]12CCC31OCCO1. The van der Waals surface area contributed by atoms with Crippen LogP contribution in [0.5, 0.6) is 0 Å². The molecule has 1 aromatic rings. The average Bonchev–Trinajstić information content (AvgIpc) is 3.24. The van der Waals surface area contributed by atoms with E-state index in [-0.39, 0.29) is 10.2 Å². The zero-order valence-corrected chi connectivity index (χ0v) is 16.0. The van der Waals surface area contributed by atoms with Gasteiger partial charge in [-0.1, -0.05) is 0 Å². The molecular formula is C20H24O4Se. The predicted octanol–water partition coefficient (Wildman–Crippen LogP) is 2.60. The average molecular weight is 407 g/mol. The second kappa shape index (κ2) is 5.82. The third kappa shape index (κ3) is 2.29. The molecular weight excluding hydrogens is 383 g/mol. The van der Waals surface area contributed by atoms with Gasteiger partial charge in [0, 0.05) is 0 Å². The first-order valence-electron chi connectivity index (χ1n) is 9.42. The molecule has 2 bridgehead atoms. The number of Topliss-reactive ketones (excluding diaryl/α,β-unsaturated/α-hetero) is 1. The monoisotopic (exact) mass is 408 g/mol. The number of rotatable bonds is 2. The zero-order chi connectivity index (χ0) is 17.1. The summed E-state index contributed by atoms with van der Waals surface area (Å²) in [5.74, 6) is 0.634. The van der Waals surface area contributed by atoms with Crippen molar-refractivity contribution in [2.45, 2.75) is 49.1 Å². The second-order valence-corrected chi connectivity index (χ2v) is 11.5. The number of fused-ring (bicyclic) bond motifs is 2. The molecule has 0 aromatic heterocycles. The van der Waals surface area contributed by atoms with E-state index in [1.807, 2.05) is 30.3 Å². The molecule has 0 amide bonds. The van der Waals surface area contributed by atoms with Crippen molar-refractivity contribution in [3.8, 4) is 0 Å². The molecule has 4 nitrogen and oxygen atoms in total. The van der Waals surface area contributed by atoms with Gasteiger partial charge < -0.3 is 0 Å². The molecule has 3 saturated carbocycles. The van der Waals surface area contributed by atoms with Crippen molar-refractivity contribution in [3.05, 3.63) is 30.3 Å². The molecule has 1 heterocycles. The van der Waals surface area contributed by atoms with Gasteiger partial charge in [0.1, 0.15) is 0 Å². The van der Waals surface area contributed by atoms with Gasteiger partial charge in [-0.3, -0.25) is 0 Å². The van der Waals surface area contributed by atoms with E-state index < -0.39 is 19.6 Å². The first-order chi connectivity index (χ1) is 12.1. The number of ether oxygens (including phenoxy) is 2. The first-order valence-corrected chi connectivity index (χ1v) is 12.0. The van der Waals surface area contributed by atoms with Gasteiger partial charge in [-0.05, 0) is 0 Å². The third-order valence-electron chi connectivity index (χ3n) is 7.07. The number of hydrogen-bond acceptors (Lipinski definition) is 4. The molecule has 4 aliphatic rings. The minimum absolute atomic E-state index is 0.253. The molecule has 1 saturated heterocycles. The summed E-state index contributed by atoms with van der Waals surface area (Å²) < 4.78 is 26.0. The van der Waals surface area contributed by atoms with Crippen LogP contribution in [0.3, 0.4) is 0 Å². The summed E-state index contributed by atoms with van der Waals surface area (Å²) in [4.78, 5) is 13.3. The third-order valence-corrected chi connectivity index (χ3v) is 10.6. The van der Waals surface area contributed by atoms with Crippen molar-refractivity contribution in [1.82, 2.24) is 0 Å². The van der Waals surface area contributed by atoms with Crippen molar-refractivity contribution in [2.24, 2.45) is 17.3 Å². The van der Waals surface area contributed by atoms with E-state index >= 15 is 0 Å². The van der Waals surface area contributed by atoms with Gasteiger partial charge in [0.05, 0.1) is 0 Å². The molecule has 5 heteroatoms. The van der Waals surface area contributed by atoms with E-state index in [1.54, 1.807) is 0 Å². The Bertz CT molecular complexity index is 712. The van der Waals surface area contributed by atoms with Gasteiger partial charge in [-0.15, -0.1) is 0 Å². The fourth-order valence-electron chi connectivity index (χ4n) is 5.90. The summed E-state index contributed by atoms with van der Waals surface area (Å²) in [5.41, 5.74) is -0.255. The molecule has 0 N–H and O–H groups in total. The summed E-state index contributed by atoms with van der Waals surface area (Å²) in [6.07, 6.45) is 5.39. The van der Waals surface area contributed by atoms with Crippen molar-refractivity contribution < 1.29 is 18.1 Å². The van der Waals surface area contributed by atoms with Crippen molar-refractivity contribution >= 4 is 24.1 Å². The Labute approximate surface area is 152 Å². The van der Waals surface area contributed by atoms with Gasteiger partial charge >= 0.3 is 152 Å². The fourth-order valence-corrected chi connectivity index (χ4v) is 9.12. The molecule has 3 unspecified atom stereocenters. The minimum atomic E-state index is -2.35. The normalized spacial score (nSPS) is 40.2. The van der Waals surface area contributed by atoms with Gasteiger partial charge in [0.2, 0.25) is 0 Å². The fraction of sp³-hybridized carbons (Fsp3) is 0.650. The molecule has 2 spiro atoms. The molecule has 25 heavy (non-hydrogen) atoms. The Morgan fingerprint density at radius 3 is 2.52 bits per heavy atom. The van der Waals surface area contributed by atoms with Gasteiger partial charge in [-0.25, -0.2) is 0 Å². The molecule has 5 rings (SSSR count). The molecule has 1 aromatic carbocycles. The second-order valence-electron chi connectivity index (χ2n) is 8.04. The van der Waals surface area contributed by atoms with E-state index in [0.29, 0.717) is 30.8 Å². The molecule has 1 aliphatic heterocycles. The van der Waals surface area contributed by atoms with Gasteiger partial charge in [0.25, 0.3) is 0 Å². The van der Waals surface area contributed by atoms with Crippen LogP contribution in [0.2, 0.25) is 4.82 Å². The van der Waals surface area contributed by atoms with Crippen LogP contribution in [0.15, 0.2) is 30.3 Å². The van der Waals surface area contributed by atoms with Gasteiger partial charge in [-0.2, -0.15) is 0 Å². The molecule has 4 fully saturated rings. The summed E-state index contributed by atoms with van der Waals surface area (Å²) in [7, 11) is 0. The van der Waals surface area contributed by atoms with E-state index in [9.17, 15) is 8.63 Å². The Hall–Kier alpha value is -0.871. The Morgan fingerprint density at radius 2 is 1.76 bits per heavy atom. The predicted molar refractivity (Wildman–Crippen MR) is 93.0 cm³/mol. The maximum absolute atomic E-state index is 13.5. The summed E-state index contributed by atoms with van der Waals surface area (Å²) >= 11 is -2.35. The number of hydrogen-bond donors (Lipinski definition) is 0. The van der Waals surface area contributed by atoms with Crippen LogP contribution in [-0.4, -0.2) is 38.6 Å². The maximum atomic E-state index is 13.5. The molecule has 3 aliphatic carbocycles. The van der Waals surface area contributed by atoms with Crippen molar-refractivity contribution in [1.29, 1.82) is 0 Å². The van der Waals surface area contributed by atoms with Crippen LogP contribution < -0.4 is 4.46 Å². The van der Waals surface area contributed by atoms with Crippen molar-refractivity contribution in [2.75, 3.05) is 13.2 Å². The van der Waals surface area contributed by atoms with Crippen LogP contribution in [-0.2, 0) is 18.1 Å². The number of ketones is 1. The zero-order valence-electron chi connectivity index (χ0n) is 14.3. The quantitative estimate of drug-likeness (QED) is 0.708. The Kier molecular flexibility index (Phi) is 3.80.